The molecule has 1 amide bonds. The van der Waals surface area contributed by atoms with Crippen LogP contribution in [0.2, 0.25) is 0 Å². The van der Waals surface area contributed by atoms with Gasteiger partial charge in [0.05, 0.1) is 24.3 Å². The molecule has 0 N–H and O–H groups in total. The van der Waals surface area contributed by atoms with Crippen LogP contribution in [-0.2, 0) is 4.79 Å². The Morgan fingerprint density at radius 3 is 2.07 bits per heavy atom. The Morgan fingerprint density at radius 2 is 1.53 bits per heavy atom. The van der Waals surface area contributed by atoms with E-state index in [-0.39, 0.29) is 18.6 Å². The minimum absolute atomic E-state index is 0.140. The van der Waals surface area contributed by atoms with Crippen molar-refractivity contribution in [2.75, 3.05) is 20.3 Å². The maximum atomic E-state index is 13.0. The average Bonchev–Trinajstić information content (AvgIpc) is 2.79. The smallest absolute Gasteiger partial charge is 0.261 e. The third-order valence-electron chi connectivity index (χ3n) is 4.74. The summed E-state index contributed by atoms with van der Waals surface area (Å²) >= 11 is 0. The van der Waals surface area contributed by atoms with E-state index >= 15 is 0 Å². The number of nitrogens with zero attached hydrogens (tertiary/aromatic N) is 2. The first-order valence-corrected chi connectivity index (χ1v) is 9.79. The number of carbonyl (C=O) groups is 1. The Balaban J connectivity index is 1.79. The standard InChI is InChI=1S/C25H24N2O3/c1-3-29-23-16-19(17-26)14-15-22(23)30-18-24(28)27(2)25(20-10-6-4-7-11-20)21-12-8-5-9-13-21/h4-16,25H,3,18H2,1-2H3. The fourth-order valence-electron chi connectivity index (χ4n) is 3.26. The number of ether oxygens (including phenoxy) is 2. The van der Waals surface area contributed by atoms with Crippen molar-refractivity contribution >= 4 is 5.91 Å². The molecule has 0 aliphatic carbocycles. The molecule has 3 rings (SSSR count). The van der Waals surface area contributed by atoms with Crippen molar-refractivity contribution in [2.24, 2.45) is 0 Å². The predicted molar refractivity (Wildman–Crippen MR) is 115 cm³/mol. The molecule has 3 aromatic carbocycles. The van der Waals surface area contributed by atoms with Gasteiger partial charge in [-0.05, 0) is 30.2 Å². The van der Waals surface area contributed by atoms with Crippen LogP contribution in [0.1, 0.15) is 29.7 Å². The van der Waals surface area contributed by atoms with Crippen molar-refractivity contribution in [3.63, 3.8) is 0 Å². The second-order valence-electron chi connectivity index (χ2n) is 6.72. The molecule has 0 radical (unpaired) electrons. The van der Waals surface area contributed by atoms with Crippen LogP contribution in [0.25, 0.3) is 0 Å². The first-order chi connectivity index (χ1) is 14.6. The van der Waals surface area contributed by atoms with E-state index in [0.29, 0.717) is 23.7 Å². The molecule has 0 heterocycles. The Bertz CT molecular complexity index is 974. The highest BCUT2D eigenvalue weighted by molar-refractivity contribution is 5.78. The van der Waals surface area contributed by atoms with Gasteiger partial charge in [-0.1, -0.05) is 60.7 Å². The Hall–Kier alpha value is -3.78. The van der Waals surface area contributed by atoms with Gasteiger partial charge in [0.1, 0.15) is 0 Å². The van der Waals surface area contributed by atoms with Crippen LogP contribution in [0.15, 0.2) is 78.9 Å². The number of hydrogen-bond donors (Lipinski definition) is 0. The molecule has 3 aromatic rings. The molecule has 0 unspecified atom stereocenters. The van der Waals surface area contributed by atoms with Crippen LogP contribution in [0.4, 0.5) is 0 Å². The van der Waals surface area contributed by atoms with Crippen molar-refractivity contribution in [1.82, 2.24) is 4.90 Å². The van der Waals surface area contributed by atoms with Crippen LogP contribution in [0.5, 0.6) is 11.5 Å². The average molecular weight is 400 g/mol. The first-order valence-electron chi connectivity index (χ1n) is 9.79. The maximum Gasteiger partial charge on any atom is 0.261 e. The lowest BCUT2D eigenvalue weighted by molar-refractivity contribution is -0.133. The van der Waals surface area contributed by atoms with Crippen molar-refractivity contribution in [2.45, 2.75) is 13.0 Å². The number of hydrogen-bond acceptors (Lipinski definition) is 4. The summed E-state index contributed by atoms with van der Waals surface area (Å²) < 4.78 is 11.3. The van der Waals surface area contributed by atoms with Crippen molar-refractivity contribution in [3.8, 4) is 17.6 Å². The molecular formula is C25H24N2O3. The number of carbonyl (C=O) groups excluding carboxylic acids is 1. The molecule has 0 fully saturated rings. The van der Waals surface area contributed by atoms with Gasteiger partial charge < -0.3 is 14.4 Å². The lowest BCUT2D eigenvalue weighted by Gasteiger charge is -2.29. The lowest BCUT2D eigenvalue weighted by atomic mass is 9.97. The quantitative estimate of drug-likeness (QED) is 0.555. The maximum absolute atomic E-state index is 13.0. The third-order valence-corrected chi connectivity index (χ3v) is 4.74. The predicted octanol–water partition coefficient (Wildman–Crippen LogP) is 4.58. The van der Waals surface area contributed by atoms with E-state index in [2.05, 4.69) is 6.07 Å². The SMILES string of the molecule is CCOc1cc(C#N)ccc1OCC(=O)N(C)C(c1ccccc1)c1ccccc1. The van der Waals surface area contributed by atoms with E-state index in [4.69, 9.17) is 14.7 Å². The largest absolute Gasteiger partial charge is 0.490 e. The molecule has 0 bridgehead atoms. The summed E-state index contributed by atoms with van der Waals surface area (Å²) in [5.74, 6) is 0.725. The summed E-state index contributed by atoms with van der Waals surface area (Å²) in [6.07, 6.45) is 0. The highest BCUT2D eigenvalue weighted by Gasteiger charge is 2.24. The van der Waals surface area contributed by atoms with Gasteiger partial charge >= 0.3 is 0 Å². The van der Waals surface area contributed by atoms with Crippen molar-refractivity contribution < 1.29 is 14.3 Å². The van der Waals surface area contributed by atoms with Crippen LogP contribution in [-0.4, -0.2) is 31.1 Å². The van der Waals surface area contributed by atoms with E-state index in [1.165, 1.54) is 0 Å². The van der Waals surface area contributed by atoms with Gasteiger partial charge in [-0.3, -0.25) is 4.79 Å². The number of rotatable bonds is 8. The van der Waals surface area contributed by atoms with E-state index < -0.39 is 0 Å². The van der Waals surface area contributed by atoms with Gasteiger partial charge in [0.15, 0.2) is 18.1 Å². The summed E-state index contributed by atoms with van der Waals surface area (Å²) in [6.45, 7) is 2.15. The zero-order valence-electron chi connectivity index (χ0n) is 17.1. The minimum Gasteiger partial charge on any atom is -0.490 e. The topological polar surface area (TPSA) is 62.6 Å². The molecule has 0 aliphatic heterocycles. The van der Waals surface area contributed by atoms with Gasteiger partial charge in [-0.25, -0.2) is 0 Å². The minimum atomic E-state index is -0.226. The number of benzene rings is 3. The van der Waals surface area contributed by atoms with Gasteiger partial charge in [0, 0.05) is 13.1 Å². The molecule has 0 spiro atoms. The zero-order chi connectivity index (χ0) is 21.3. The Kier molecular flexibility index (Phi) is 7.07. The van der Waals surface area contributed by atoms with Crippen molar-refractivity contribution in [3.05, 3.63) is 95.6 Å². The van der Waals surface area contributed by atoms with E-state index in [1.807, 2.05) is 67.6 Å². The second kappa shape index (κ2) is 10.1. The Labute approximate surface area is 177 Å². The van der Waals surface area contributed by atoms with E-state index in [9.17, 15) is 4.79 Å². The normalized spacial score (nSPS) is 10.3. The molecule has 5 heteroatoms. The molecule has 0 aliphatic rings. The van der Waals surface area contributed by atoms with E-state index in [0.717, 1.165) is 11.1 Å². The van der Waals surface area contributed by atoms with Crippen LogP contribution in [0, 0.1) is 11.3 Å². The van der Waals surface area contributed by atoms with Crippen molar-refractivity contribution in [1.29, 1.82) is 5.26 Å². The van der Waals surface area contributed by atoms with Crippen LogP contribution >= 0.6 is 0 Å². The fourth-order valence-corrected chi connectivity index (χ4v) is 3.26. The number of nitriles is 1. The Morgan fingerprint density at radius 1 is 0.933 bits per heavy atom. The highest BCUT2D eigenvalue weighted by atomic mass is 16.5. The number of amides is 1. The fraction of sp³-hybridized carbons (Fsp3) is 0.200. The molecule has 0 saturated carbocycles. The molecular weight excluding hydrogens is 376 g/mol. The summed E-state index contributed by atoms with van der Waals surface area (Å²) in [4.78, 5) is 14.7. The molecule has 0 aromatic heterocycles. The number of likely N-dealkylation sites (N-methyl/N-ethyl adjacent to an activating group) is 1. The van der Waals surface area contributed by atoms with Gasteiger partial charge in [0.25, 0.3) is 5.91 Å². The van der Waals surface area contributed by atoms with Gasteiger partial charge in [-0.15, -0.1) is 0 Å². The highest BCUT2D eigenvalue weighted by Crippen LogP contribution is 2.30. The zero-order valence-corrected chi connectivity index (χ0v) is 17.1. The molecule has 0 saturated heterocycles. The lowest BCUT2D eigenvalue weighted by Crippen LogP contribution is -2.35. The summed E-state index contributed by atoms with van der Waals surface area (Å²) in [5, 5.41) is 9.08. The van der Waals surface area contributed by atoms with Crippen LogP contribution < -0.4 is 9.47 Å². The second-order valence-corrected chi connectivity index (χ2v) is 6.72. The van der Waals surface area contributed by atoms with Gasteiger partial charge in [0.2, 0.25) is 0 Å². The molecule has 0 atom stereocenters. The summed E-state index contributed by atoms with van der Waals surface area (Å²) in [5.41, 5.74) is 2.52. The summed E-state index contributed by atoms with van der Waals surface area (Å²) in [7, 11) is 1.78. The molecule has 5 nitrogen and oxygen atoms in total. The molecule has 152 valence electrons. The van der Waals surface area contributed by atoms with E-state index in [1.54, 1.807) is 30.1 Å². The summed E-state index contributed by atoms with van der Waals surface area (Å²) in [6, 6.07) is 26.6. The molecule has 30 heavy (non-hydrogen) atoms. The first kappa shape index (κ1) is 20.9. The monoisotopic (exact) mass is 400 g/mol. The van der Waals surface area contributed by atoms with Gasteiger partial charge in [-0.2, -0.15) is 5.26 Å². The third kappa shape index (κ3) is 4.98. The van der Waals surface area contributed by atoms with Crippen LogP contribution in [0.3, 0.4) is 0 Å².